The number of nitrogens with one attached hydrogen (secondary N) is 2. The highest BCUT2D eigenvalue weighted by atomic mass is 32.2. The number of rotatable bonds is 7. The summed E-state index contributed by atoms with van der Waals surface area (Å²) in [5.41, 5.74) is 1.49. The normalized spacial score (nSPS) is 12.6. The predicted molar refractivity (Wildman–Crippen MR) is 108 cm³/mol. The molecule has 146 valence electrons. The van der Waals surface area contributed by atoms with E-state index in [0.717, 1.165) is 22.6 Å². The van der Waals surface area contributed by atoms with Crippen molar-refractivity contribution < 1.29 is 17.6 Å². The van der Waals surface area contributed by atoms with Crippen LogP contribution in [0.5, 0.6) is 0 Å². The van der Waals surface area contributed by atoms with Crippen molar-refractivity contribution in [1.29, 1.82) is 0 Å². The van der Waals surface area contributed by atoms with Crippen molar-refractivity contribution in [3.05, 3.63) is 83.7 Å². The monoisotopic (exact) mass is 400 g/mol. The van der Waals surface area contributed by atoms with Gasteiger partial charge in [0, 0.05) is 13.0 Å². The molecule has 3 aromatic carbocycles. The van der Waals surface area contributed by atoms with Gasteiger partial charge in [-0.25, -0.2) is 17.5 Å². The van der Waals surface area contributed by atoms with Crippen LogP contribution in [0.15, 0.2) is 66.7 Å². The first kappa shape index (κ1) is 20.0. The highest BCUT2D eigenvalue weighted by Gasteiger charge is 2.20. The number of hydrogen-bond acceptors (Lipinski definition) is 3. The number of amides is 1. The molecule has 28 heavy (non-hydrogen) atoms. The van der Waals surface area contributed by atoms with Gasteiger partial charge >= 0.3 is 0 Å². The summed E-state index contributed by atoms with van der Waals surface area (Å²) in [5, 5.41) is 4.97. The average molecular weight is 400 g/mol. The van der Waals surface area contributed by atoms with Crippen molar-refractivity contribution in [2.24, 2.45) is 0 Å². The Morgan fingerprint density at radius 2 is 1.68 bits per heavy atom. The van der Waals surface area contributed by atoms with Gasteiger partial charge in [0.2, 0.25) is 15.9 Å². The number of benzene rings is 3. The zero-order chi connectivity index (χ0) is 20.1. The van der Waals surface area contributed by atoms with Crippen molar-refractivity contribution in [3.63, 3.8) is 0 Å². The molecule has 7 heteroatoms. The van der Waals surface area contributed by atoms with E-state index in [1.807, 2.05) is 42.5 Å². The number of carbonyl (C=O) groups excluding carboxylic acids is 1. The largest absolute Gasteiger partial charge is 0.352 e. The van der Waals surface area contributed by atoms with E-state index in [4.69, 9.17) is 0 Å². The Morgan fingerprint density at radius 1 is 1.00 bits per heavy atom. The molecule has 0 aliphatic heterocycles. The number of carbonyl (C=O) groups is 1. The van der Waals surface area contributed by atoms with E-state index < -0.39 is 21.9 Å². The van der Waals surface area contributed by atoms with E-state index in [-0.39, 0.29) is 12.3 Å². The van der Waals surface area contributed by atoms with Crippen LogP contribution < -0.4 is 10.0 Å². The second-order valence-corrected chi connectivity index (χ2v) is 8.39. The Hall–Kier alpha value is -2.77. The molecular weight excluding hydrogens is 379 g/mol. The molecule has 2 N–H and O–H groups in total. The lowest BCUT2D eigenvalue weighted by atomic mass is 10.0. The SMILES string of the molecule is CS(=O)(=O)N[C@H](CC(=O)NCc1cccc2ccccc12)c1ccc(F)cc1. The lowest BCUT2D eigenvalue weighted by Gasteiger charge is -2.18. The highest BCUT2D eigenvalue weighted by molar-refractivity contribution is 7.88. The minimum absolute atomic E-state index is 0.0938. The summed E-state index contributed by atoms with van der Waals surface area (Å²) in [6.45, 7) is 0.329. The molecule has 0 radical (unpaired) electrons. The van der Waals surface area contributed by atoms with Crippen molar-refractivity contribution in [3.8, 4) is 0 Å². The van der Waals surface area contributed by atoms with Crippen LogP contribution in [0.2, 0.25) is 0 Å². The number of fused-ring (bicyclic) bond motifs is 1. The molecular formula is C21H21FN2O3S. The molecule has 1 atom stereocenters. The summed E-state index contributed by atoms with van der Waals surface area (Å²) in [6.07, 6.45) is 0.932. The summed E-state index contributed by atoms with van der Waals surface area (Å²) in [4.78, 5) is 12.5. The first-order chi connectivity index (χ1) is 13.3. The van der Waals surface area contributed by atoms with Crippen LogP contribution in [0, 0.1) is 5.82 Å². The fraction of sp³-hybridized carbons (Fsp3) is 0.190. The molecule has 3 aromatic rings. The van der Waals surface area contributed by atoms with Gasteiger partial charge < -0.3 is 5.32 Å². The van der Waals surface area contributed by atoms with E-state index in [0.29, 0.717) is 12.1 Å². The molecule has 0 aliphatic carbocycles. The maximum atomic E-state index is 13.2. The molecule has 0 heterocycles. The van der Waals surface area contributed by atoms with Gasteiger partial charge in [-0.1, -0.05) is 54.6 Å². The first-order valence-electron chi connectivity index (χ1n) is 8.78. The lowest BCUT2D eigenvalue weighted by molar-refractivity contribution is -0.121. The van der Waals surface area contributed by atoms with Crippen molar-refractivity contribution in [2.75, 3.05) is 6.26 Å². The van der Waals surface area contributed by atoms with Crippen LogP contribution in [0.1, 0.15) is 23.6 Å². The predicted octanol–water partition coefficient (Wildman–Crippen LogP) is 3.28. The fourth-order valence-electron chi connectivity index (χ4n) is 3.08. The second-order valence-electron chi connectivity index (χ2n) is 6.61. The summed E-state index contributed by atoms with van der Waals surface area (Å²) in [5.74, 6) is -0.735. The Bertz CT molecular complexity index is 1080. The Kier molecular flexibility index (Phi) is 6.06. The van der Waals surface area contributed by atoms with Gasteiger partial charge in [0.15, 0.2) is 0 Å². The van der Waals surface area contributed by atoms with E-state index >= 15 is 0 Å². The topological polar surface area (TPSA) is 75.3 Å². The van der Waals surface area contributed by atoms with Gasteiger partial charge in [-0.05, 0) is 34.0 Å². The zero-order valence-electron chi connectivity index (χ0n) is 15.4. The van der Waals surface area contributed by atoms with Gasteiger partial charge in [-0.15, -0.1) is 0 Å². The third kappa shape index (κ3) is 5.37. The smallest absolute Gasteiger partial charge is 0.222 e. The standard InChI is InChI=1S/C21H21FN2O3S/c1-28(26,27)24-20(16-9-11-18(22)12-10-16)13-21(25)23-14-17-7-4-6-15-5-2-3-8-19(15)17/h2-12,20,24H,13-14H2,1H3,(H,23,25)/t20-/m1/s1. The van der Waals surface area contributed by atoms with Gasteiger partial charge in [-0.2, -0.15) is 0 Å². The molecule has 3 rings (SSSR count). The minimum Gasteiger partial charge on any atom is -0.352 e. The summed E-state index contributed by atoms with van der Waals surface area (Å²) in [7, 11) is -3.55. The van der Waals surface area contributed by atoms with Gasteiger partial charge in [0.25, 0.3) is 0 Å². The molecule has 5 nitrogen and oxygen atoms in total. The van der Waals surface area contributed by atoms with Crippen molar-refractivity contribution >= 4 is 26.7 Å². The second kappa shape index (κ2) is 8.50. The van der Waals surface area contributed by atoms with Gasteiger partial charge in [0.1, 0.15) is 5.82 Å². The summed E-state index contributed by atoms with van der Waals surface area (Å²) >= 11 is 0. The number of hydrogen-bond donors (Lipinski definition) is 2. The van der Waals surface area contributed by atoms with Crippen LogP contribution in [-0.2, 0) is 21.4 Å². The molecule has 0 fully saturated rings. The van der Waals surface area contributed by atoms with E-state index in [2.05, 4.69) is 10.0 Å². The lowest BCUT2D eigenvalue weighted by Crippen LogP contribution is -2.33. The molecule has 0 aromatic heterocycles. The Balaban J connectivity index is 1.72. The van der Waals surface area contributed by atoms with Crippen LogP contribution in [-0.4, -0.2) is 20.6 Å². The third-order valence-electron chi connectivity index (χ3n) is 4.37. The molecule has 0 saturated heterocycles. The maximum absolute atomic E-state index is 13.2. The summed E-state index contributed by atoms with van der Waals surface area (Å²) in [6, 6.07) is 18.4. The Labute approximate surface area is 163 Å². The summed E-state index contributed by atoms with van der Waals surface area (Å²) < 4.78 is 39.0. The molecule has 0 saturated carbocycles. The number of sulfonamides is 1. The molecule has 0 unspecified atom stereocenters. The van der Waals surface area contributed by atoms with E-state index in [1.165, 1.54) is 24.3 Å². The molecule has 1 amide bonds. The highest BCUT2D eigenvalue weighted by Crippen LogP contribution is 2.20. The average Bonchev–Trinajstić information content (AvgIpc) is 2.65. The van der Waals surface area contributed by atoms with Crippen LogP contribution in [0.4, 0.5) is 4.39 Å². The maximum Gasteiger partial charge on any atom is 0.222 e. The quantitative estimate of drug-likeness (QED) is 0.639. The van der Waals surface area contributed by atoms with Crippen molar-refractivity contribution in [2.45, 2.75) is 19.0 Å². The Morgan fingerprint density at radius 3 is 2.39 bits per heavy atom. The van der Waals surface area contributed by atoms with Crippen molar-refractivity contribution in [1.82, 2.24) is 10.0 Å². The molecule has 0 spiro atoms. The van der Waals surface area contributed by atoms with E-state index in [9.17, 15) is 17.6 Å². The third-order valence-corrected chi connectivity index (χ3v) is 5.09. The van der Waals surface area contributed by atoms with Gasteiger partial charge in [0.05, 0.1) is 12.3 Å². The van der Waals surface area contributed by atoms with Crippen LogP contribution >= 0.6 is 0 Å². The van der Waals surface area contributed by atoms with Crippen LogP contribution in [0.3, 0.4) is 0 Å². The number of halogens is 1. The van der Waals surface area contributed by atoms with E-state index in [1.54, 1.807) is 0 Å². The zero-order valence-corrected chi connectivity index (χ0v) is 16.2. The fourth-order valence-corrected chi connectivity index (χ4v) is 3.82. The van der Waals surface area contributed by atoms with Crippen LogP contribution in [0.25, 0.3) is 10.8 Å². The molecule has 0 bridgehead atoms. The minimum atomic E-state index is -3.55. The van der Waals surface area contributed by atoms with Gasteiger partial charge in [-0.3, -0.25) is 4.79 Å². The first-order valence-corrected chi connectivity index (χ1v) is 10.7. The molecule has 0 aliphatic rings.